The van der Waals surface area contributed by atoms with Gasteiger partial charge in [-0.25, -0.2) is 9.78 Å². The molecule has 0 saturated carbocycles. The first kappa shape index (κ1) is 29.6. The molecule has 0 spiro atoms. The second-order valence-corrected chi connectivity index (χ2v) is 9.79. The number of pyridine rings is 1. The average molecular weight is 542 g/mol. The number of aromatic nitrogens is 1. The van der Waals surface area contributed by atoms with Crippen LogP contribution in [0.4, 0.5) is 0 Å². The first-order valence-electron chi connectivity index (χ1n) is 12.9. The van der Waals surface area contributed by atoms with E-state index >= 15 is 0 Å². The van der Waals surface area contributed by atoms with Crippen LogP contribution in [0.15, 0.2) is 48.7 Å². The standard InChI is InChI=1S/C28H35N3O8/c1-5-15(2)24-28(37)38-17(4)21(31-26(35)22-20(32)12-9-13-29-22)25(34)30-19(14-18-10-7-6-8-11-18)23(33)16(3)27(36)39-24/h6-13,15-17,19,21,23-24,32-33H,5,14H2,1-4H3,(H,30,34)(H,31,35)/t15?,16-,17-,19+,21+,23+,24?/m1/s1. The van der Waals surface area contributed by atoms with Gasteiger partial charge in [-0.1, -0.05) is 44.2 Å². The van der Waals surface area contributed by atoms with Crippen molar-refractivity contribution in [3.8, 4) is 5.75 Å². The Morgan fingerprint density at radius 1 is 1.08 bits per heavy atom. The summed E-state index contributed by atoms with van der Waals surface area (Å²) >= 11 is 0. The van der Waals surface area contributed by atoms with E-state index in [1.165, 1.54) is 32.2 Å². The Morgan fingerprint density at radius 3 is 2.41 bits per heavy atom. The van der Waals surface area contributed by atoms with Gasteiger partial charge in [0.25, 0.3) is 5.91 Å². The maximum atomic E-state index is 13.6. The molecule has 1 saturated heterocycles. The zero-order valence-electron chi connectivity index (χ0n) is 22.4. The number of hydrogen-bond donors (Lipinski definition) is 4. The molecule has 1 fully saturated rings. The topological polar surface area (TPSA) is 164 Å². The molecule has 11 nitrogen and oxygen atoms in total. The van der Waals surface area contributed by atoms with Crippen molar-refractivity contribution in [3.63, 3.8) is 0 Å². The number of nitrogens with one attached hydrogen (secondary N) is 2. The third kappa shape index (κ3) is 7.32. The van der Waals surface area contributed by atoms with Crippen LogP contribution in [0.5, 0.6) is 5.75 Å². The lowest BCUT2D eigenvalue weighted by molar-refractivity contribution is -0.180. The molecule has 2 amide bonds. The fraction of sp³-hybridized carbons (Fsp3) is 0.464. The Morgan fingerprint density at radius 2 is 1.77 bits per heavy atom. The highest BCUT2D eigenvalue weighted by Crippen LogP contribution is 2.22. The van der Waals surface area contributed by atoms with Crippen LogP contribution in [-0.4, -0.2) is 69.3 Å². The van der Waals surface area contributed by atoms with E-state index in [0.29, 0.717) is 6.42 Å². The van der Waals surface area contributed by atoms with E-state index in [4.69, 9.17) is 9.47 Å². The summed E-state index contributed by atoms with van der Waals surface area (Å²) in [6.45, 7) is 6.39. The number of benzene rings is 1. The van der Waals surface area contributed by atoms with E-state index in [1.807, 2.05) is 25.1 Å². The number of ether oxygens (including phenoxy) is 2. The molecule has 0 bridgehead atoms. The number of cyclic esters (lactones) is 2. The number of nitrogens with zero attached hydrogens (tertiary/aromatic N) is 1. The molecule has 3 rings (SSSR count). The molecule has 11 heteroatoms. The van der Waals surface area contributed by atoms with Crippen LogP contribution in [0.25, 0.3) is 0 Å². The summed E-state index contributed by atoms with van der Waals surface area (Å²) in [6.07, 6.45) is -1.95. The number of aliphatic hydroxyl groups excluding tert-OH is 1. The van der Waals surface area contributed by atoms with Gasteiger partial charge in [0.05, 0.1) is 18.1 Å². The minimum atomic E-state index is -1.43. The fourth-order valence-corrected chi connectivity index (χ4v) is 4.22. The monoisotopic (exact) mass is 541 g/mol. The molecule has 39 heavy (non-hydrogen) atoms. The van der Waals surface area contributed by atoms with E-state index < -0.39 is 71.7 Å². The Kier molecular flexibility index (Phi) is 10.00. The molecule has 1 aliphatic rings. The molecule has 2 aromatic rings. The highest BCUT2D eigenvalue weighted by atomic mass is 16.6. The van der Waals surface area contributed by atoms with Crippen molar-refractivity contribution in [3.05, 3.63) is 59.9 Å². The van der Waals surface area contributed by atoms with E-state index in [1.54, 1.807) is 19.1 Å². The number of esters is 2. The first-order chi connectivity index (χ1) is 18.5. The Bertz CT molecular complexity index is 1170. The average Bonchev–Trinajstić information content (AvgIpc) is 2.92. The minimum Gasteiger partial charge on any atom is -0.505 e. The quantitative estimate of drug-likeness (QED) is 0.397. The number of rotatable bonds is 6. The highest BCUT2D eigenvalue weighted by Gasteiger charge is 2.41. The van der Waals surface area contributed by atoms with Gasteiger partial charge in [0, 0.05) is 12.1 Å². The van der Waals surface area contributed by atoms with Gasteiger partial charge in [0.15, 0.2) is 5.69 Å². The molecule has 210 valence electrons. The first-order valence-corrected chi connectivity index (χ1v) is 12.9. The maximum Gasteiger partial charge on any atom is 0.348 e. The van der Waals surface area contributed by atoms with Crippen molar-refractivity contribution in [2.24, 2.45) is 11.8 Å². The number of aliphatic hydroxyl groups is 1. The second kappa shape index (κ2) is 13.2. The Labute approximate surface area is 226 Å². The SMILES string of the molecule is CCC(C)C1OC(=O)[C@H](C)[C@H](O)[C@H](Cc2ccccc2)NC(=O)[C@@H](NC(=O)c2ncccc2O)[C@@H](C)OC1=O. The molecule has 0 aliphatic carbocycles. The third-order valence-electron chi connectivity index (χ3n) is 6.90. The van der Waals surface area contributed by atoms with Crippen molar-refractivity contribution < 1.29 is 38.9 Å². The van der Waals surface area contributed by atoms with Crippen molar-refractivity contribution in [1.82, 2.24) is 15.6 Å². The summed E-state index contributed by atoms with van der Waals surface area (Å²) in [5.41, 5.74) is 0.460. The van der Waals surface area contributed by atoms with E-state index in [-0.39, 0.29) is 12.1 Å². The molecule has 1 aromatic heterocycles. The summed E-state index contributed by atoms with van der Waals surface area (Å²) in [7, 11) is 0. The van der Waals surface area contributed by atoms with Crippen LogP contribution in [0, 0.1) is 11.8 Å². The largest absolute Gasteiger partial charge is 0.505 e. The summed E-state index contributed by atoms with van der Waals surface area (Å²) in [5, 5.41) is 26.5. The third-order valence-corrected chi connectivity index (χ3v) is 6.90. The lowest BCUT2D eigenvalue weighted by Gasteiger charge is -2.34. The van der Waals surface area contributed by atoms with Gasteiger partial charge in [0.1, 0.15) is 17.9 Å². The van der Waals surface area contributed by atoms with Gasteiger partial charge in [0.2, 0.25) is 12.0 Å². The predicted molar refractivity (Wildman–Crippen MR) is 139 cm³/mol. The van der Waals surface area contributed by atoms with Crippen molar-refractivity contribution in [2.45, 2.75) is 70.9 Å². The van der Waals surface area contributed by atoms with Gasteiger partial charge in [-0.3, -0.25) is 14.4 Å². The predicted octanol–water partition coefficient (Wildman–Crippen LogP) is 1.51. The number of aromatic hydroxyl groups is 1. The smallest absolute Gasteiger partial charge is 0.348 e. The van der Waals surface area contributed by atoms with E-state index in [2.05, 4.69) is 15.6 Å². The van der Waals surface area contributed by atoms with Gasteiger partial charge in [-0.2, -0.15) is 0 Å². The second-order valence-electron chi connectivity index (χ2n) is 9.79. The summed E-state index contributed by atoms with van der Waals surface area (Å²) in [4.78, 5) is 56.5. The van der Waals surface area contributed by atoms with E-state index in [9.17, 15) is 29.4 Å². The van der Waals surface area contributed by atoms with Gasteiger partial charge in [-0.05, 0) is 44.4 Å². The summed E-state index contributed by atoms with van der Waals surface area (Å²) in [6, 6.07) is 9.36. The molecular formula is C28H35N3O8. The maximum absolute atomic E-state index is 13.6. The molecule has 2 heterocycles. The number of carbonyl (C=O) groups excluding carboxylic acids is 4. The molecule has 2 unspecified atom stereocenters. The Hall–Kier alpha value is -3.99. The minimum absolute atomic E-state index is 0.163. The van der Waals surface area contributed by atoms with Gasteiger partial charge < -0.3 is 30.3 Å². The number of amides is 2. The van der Waals surface area contributed by atoms with Crippen molar-refractivity contribution in [2.75, 3.05) is 0 Å². The van der Waals surface area contributed by atoms with E-state index in [0.717, 1.165) is 5.56 Å². The fourth-order valence-electron chi connectivity index (χ4n) is 4.22. The zero-order chi connectivity index (χ0) is 28.7. The number of carbonyl (C=O) groups is 4. The summed E-state index contributed by atoms with van der Waals surface area (Å²) < 4.78 is 11.1. The van der Waals surface area contributed by atoms with Crippen LogP contribution in [0.2, 0.25) is 0 Å². The van der Waals surface area contributed by atoms with Crippen LogP contribution in [0.3, 0.4) is 0 Å². The normalized spacial score (nSPS) is 27.2. The number of hydrogen-bond acceptors (Lipinski definition) is 9. The van der Waals surface area contributed by atoms with Crippen molar-refractivity contribution in [1.29, 1.82) is 0 Å². The molecule has 0 radical (unpaired) electrons. The van der Waals surface area contributed by atoms with Crippen LogP contribution in [0.1, 0.15) is 50.2 Å². The summed E-state index contributed by atoms with van der Waals surface area (Å²) in [5.74, 6) is -5.26. The van der Waals surface area contributed by atoms with Gasteiger partial charge in [-0.15, -0.1) is 0 Å². The molecule has 1 aromatic carbocycles. The molecule has 1 aliphatic heterocycles. The van der Waals surface area contributed by atoms with Gasteiger partial charge >= 0.3 is 11.9 Å². The lowest BCUT2D eigenvalue weighted by Crippen LogP contribution is -2.59. The van der Waals surface area contributed by atoms with Crippen LogP contribution >= 0.6 is 0 Å². The molecular weight excluding hydrogens is 506 g/mol. The van der Waals surface area contributed by atoms with Crippen LogP contribution < -0.4 is 10.6 Å². The Balaban J connectivity index is 2.00. The molecule has 4 N–H and O–H groups in total. The van der Waals surface area contributed by atoms with Crippen molar-refractivity contribution >= 4 is 23.8 Å². The molecule has 7 atom stereocenters. The highest BCUT2D eigenvalue weighted by molar-refractivity contribution is 5.98. The van der Waals surface area contributed by atoms with Crippen LogP contribution in [-0.2, 0) is 30.3 Å². The lowest BCUT2D eigenvalue weighted by atomic mass is 9.92. The zero-order valence-corrected chi connectivity index (χ0v) is 22.4.